The summed E-state index contributed by atoms with van der Waals surface area (Å²) >= 11 is 0. The Bertz CT molecular complexity index is 659. The SMILES string of the molecule is CN(C)C(=O)[C@]1(c2cnccn2)CCCN1Cc1ccccc1. The first-order chi connectivity index (χ1) is 11.1. The van der Waals surface area contributed by atoms with Gasteiger partial charge in [-0.2, -0.15) is 0 Å². The molecule has 1 atom stereocenters. The Hall–Kier alpha value is -2.27. The number of rotatable bonds is 4. The van der Waals surface area contributed by atoms with Crippen LogP contribution in [0, 0.1) is 0 Å². The first-order valence-corrected chi connectivity index (χ1v) is 7.92. The van der Waals surface area contributed by atoms with E-state index in [2.05, 4.69) is 27.0 Å². The highest BCUT2D eigenvalue weighted by Crippen LogP contribution is 2.40. The molecule has 0 bridgehead atoms. The highest BCUT2D eigenvalue weighted by molar-refractivity contribution is 5.87. The summed E-state index contributed by atoms with van der Waals surface area (Å²) in [6.45, 7) is 1.61. The van der Waals surface area contributed by atoms with Crippen molar-refractivity contribution in [1.29, 1.82) is 0 Å². The average molecular weight is 310 g/mol. The van der Waals surface area contributed by atoms with E-state index in [0.29, 0.717) is 0 Å². The number of amides is 1. The molecule has 2 aromatic rings. The van der Waals surface area contributed by atoms with Crippen LogP contribution in [0.1, 0.15) is 24.1 Å². The molecule has 0 spiro atoms. The van der Waals surface area contributed by atoms with Gasteiger partial charge in [-0.3, -0.25) is 19.7 Å². The molecule has 1 aliphatic heterocycles. The molecule has 0 N–H and O–H groups in total. The van der Waals surface area contributed by atoms with Crippen LogP contribution in [-0.2, 0) is 16.9 Å². The van der Waals surface area contributed by atoms with E-state index in [-0.39, 0.29) is 5.91 Å². The van der Waals surface area contributed by atoms with E-state index in [1.54, 1.807) is 37.6 Å². The number of likely N-dealkylation sites (N-methyl/N-ethyl adjacent to an activating group) is 1. The quantitative estimate of drug-likeness (QED) is 0.867. The van der Waals surface area contributed by atoms with E-state index in [1.807, 2.05) is 18.2 Å². The maximum absolute atomic E-state index is 13.1. The molecule has 1 aliphatic rings. The Morgan fingerprint density at radius 3 is 2.70 bits per heavy atom. The summed E-state index contributed by atoms with van der Waals surface area (Å²) < 4.78 is 0. The monoisotopic (exact) mass is 310 g/mol. The molecule has 3 rings (SSSR count). The predicted octanol–water partition coefficient (Wildman–Crippen LogP) is 2.06. The molecule has 120 valence electrons. The standard InChI is InChI=1S/C18H22N4O/c1-21(2)17(23)18(16-13-19-10-11-20-16)9-6-12-22(18)14-15-7-4-3-5-8-15/h3-5,7-8,10-11,13H,6,9,12,14H2,1-2H3/t18-/m1/s1. The number of hydrogen-bond acceptors (Lipinski definition) is 4. The number of benzene rings is 1. The summed E-state index contributed by atoms with van der Waals surface area (Å²) in [4.78, 5) is 25.7. The molecule has 0 radical (unpaired) electrons. The van der Waals surface area contributed by atoms with Crippen molar-refractivity contribution in [1.82, 2.24) is 19.8 Å². The molecule has 2 heterocycles. The molecular formula is C18H22N4O. The fourth-order valence-corrected chi connectivity index (χ4v) is 3.42. The minimum atomic E-state index is -0.715. The topological polar surface area (TPSA) is 49.3 Å². The van der Waals surface area contributed by atoms with E-state index in [1.165, 1.54) is 5.56 Å². The van der Waals surface area contributed by atoms with Crippen LogP contribution in [0.4, 0.5) is 0 Å². The number of aromatic nitrogens is 2. The Morgan fingerprint density at radius 2 is 2.04 bits per heavy atom. The lowest BCUT2D eigenvalue weighted by Crippen LogP contribution is -2.52. The first-order valence-electron chi connectivity index (χ1n) is 7.92. The lowest BCUT2D eigenvalue weighted by atomic mass is 9.90. The van der Waals surface area contributed by atoms with Crippen molar-refractivity contribution in [2.24, 2.45) is 0 Å². The second-order valence-electron chi connectivity index (χ2n) is 6.16. The van der Waals surface area contributed by atoms with Gasteiger partial charge in [-0.1, -0.05) is 30.3 Å². The molecule has 5 heteroatoms. The second-order valence-corrected chi connectivity index (χ2v) is 6.16. The van der Waals surface area contributed by atoms with Crippen LogP contribution >= 0.6 is 0 Å². The van der Waals surface area contributed by atoms with Crippen molar-refractivity contribution in [3.63, 3.8) is 0 Å². The molecule has 1 fully saturated rings. The van der Waals surface area contributed by atoms with Crippen LogP contribution in [0.2, 0.25) is 0 Å². The molecule has 0 aliphatic carbocycles. The van der Waals surface area contributed by atoms with Gasteiger partial charge in [0.25, 0.3) is 0 Å². The average Bonchev–Trinajstić information content (AvgIpc) is 3.00. The van der Waals surface area contributed by atoms with Gasteiger partial charge in [-0.15, -0.1) is 0 Å². The van der Waals surface area contributed by atoms with Crippen LogP contribution in [0.3, 0.4) is 0 Å². The summed E-state index contributed by atoms with van der Waals surface area (Å²) in [5.74, 6) is 0.0754. The highest BCUT2D eigenvalue weighted by Gasteiger charge is 2.50. The molecule has 1 aromatic carbocycles. The van der Waals surface area contributed by atoms with Crippen LogP contribution in [0.5, 0.6) is 0 Å². The summed E-state index contributed by atoms with van der Waals surface area (Å²) in [7, 11) is 3.61. The smallest absolute Gasteiger partial charge is 0.248 e. The Morgan fingerprint density at radius 1 is 1.26 bits per heavy atom. The fourth-order valence-electron chi connectivity index (χ4n) is 3.42. The number of hydrogen-bond donors (Lipinski definition) is 0. The van der Waals surface area contributed by atoms with Gasteiger partial charge in [-0.05, 0) is 24.9 Å². The fraction of sp³-hybridized carbons (Fsp3) is 0.389. The van der Waals surface area contributed by atoms with E-state index in [9.17, 15) is 4.79 Å². The van der Waals surface area contributed by atoms with Gasteiger partial charge in [0, 0.05) is 33.0 Å². The first kappa shape index (κ1) is 15.6. The third kappa shape index (κ3) is 2.84. The minimum absolute atomic E-state index is 0.0754. The van der Waals surface area contributed by atoms with Crippen molar-refractivity contribution in [3.05, 3.63) is 60.2 Å². The largest absolute Gasteiger partial charge is 0.347 e. The highest BCUT2D eigenvalue weighted by atomic mass is 16.2. The van der Waals surface area contributed by atoms with Gasteiger partial charge >= 0.3 is 0 Å². The van der Waals surface area contributed by atoms with Gasteiger partial charge in [0.1, 0.15) is 5.54 Å². The van der Waals surface area contributed by atoms with Crippen molar-refractivity contribution < 1.29 is 4.79 Å². The zero-order valence-electron chi connectivity index (χ0n) is 13.6. The van der Waals surface area contributed by atoms with Gasteiger partial charge in [0.05, 0.1) is 11.9 Å². The van der Waals surface area contributed by atoms with Gasteiger partial charge in [0.2, 0.25) is 5.91 Å². The zero-order chi connectivity index (χ0) is 16.3. The Labute approximate surface area is 137 Å². The predicted molar refractivity (Wildman–Crippen MR) is 88.5 cm³/mol. The second kappa shape index (κ2) is 6.46. The lowest BCUT2D eigenvalue weighted by molar-refractivity contribution is -0.141. The van der Waals surface area contributed by atoms with Gasteiger partial charge in [0.15, 0.2) is 0 Å². The minimum Gasteiger partial charge on any atom is -0.347 e. The third-order valence-electron chi connectivity index (χ3n) is 4.47. The lowest BCUT2D eigenvalue weighted by Gasteiger charge is -2.38. The van der Waals surface area contributed by atoms with Crippen LogP contribution < -0.4 is 0 Å². The van der Waals surface area contributed by atoms with Crippen molar-refractivity contribution in [2.75, 3.05) is 20.6 Å². The van der Waals surface area contributed by atoms with Gasteiger partial charge < -0.3 is 4.90 Å². The van der Waals surface area contributed by atoms with Crippen molar-refractivity contribution >= 4 is 5.91 Å². The number of carbonyl (C=O) groups excluding carboxylic acids is 1. The van der Waals surface area contributed by atoms with Crippen LogP contribution in [0.15, 0.2) is 48.9 Å². The molecule has 23 heavy (non-hydrogen) atoms. The van der Waals surface area contributed by atoms with Crippen molar-refractivity contribution in [2.45, 2.75) is 24.9 Å². The van der Waals surface area contributed by atoms with Gasteiger partial charge in [-0.25, -0.2) is 0 Å². The molecular weight excluding hydrogens is 288 g/mol. The third-order valence-corrected chi connectivity index (χ3v) is 4.47. The molecule has 1 aromatic heterocycles. The molecule has 1 saturated heterocycles. The van der Waals surface area contributed by atoms with Crippen LogP contribution in [-0.4, -0.2) is 46.3 Å². The molecule has 5 nitrogen and oxygen atoms in total. The number of likely N-dealkylation sites (tertiary alicyclic amines) is 1. The van der Waals surface area contributed by atoms with E-state index < -0.39 is 5.54 Å². The normalized spacial score (nSPS) is 21.3. The van der Waals surface area contributed by atoms with E-state index in [0.717, 1.165) is 31.6 Å². The van der Waals surface area contributed by atoms with E-state index >= 15 is 0 Å². The van der Waals surface area contributed by atoms with Crippen molar-refractivity contribution in [3.8, 4) is 0 Å². The summed E-state index contributed by atoms with van der Waals surface area (Å²) in [6, 6.07) is 10.3. The summed E-state index contributed by atoms with van der Waals surface area (Å²) in [5, 5.41) is 0. The number of carbonyl (C=O) groups is 1. The molecule has 0 unspecified atom stereocenters. The Kier molecular flexibility index (Phi) is 4.39. The maximum Gasteiger partial charge on any atom is 0.248 e. The van der Waals surface area contributed by atoms with Crippen LogP contribution in [0.25, 0.3) is 0 Å². The molecule has 1 amide bonds. The zero-order valence-corrected chi connectivity index (χ0v) is 13.6. The Balaban J connectivity index is 2.02. The number of nitrogens with zero attached hydrogens (tertiary/aromatic N) is 4. The summed E-state index contributed by atoms with van der Waals surface area (Å²) in [6.07, 6.45) is 6.79. The maximum atomic E-state index is 13.1. The molecule has 0 saturated carbocycles. The van der Waals surface area contributed by atoms with E-state index in [4.69, 9.17) is 0 Å². The summed E-state index contributed by atoms with van der Waals surface area (Å²) in [5.41, 5.74) is 1.23.